The highest BCUT2D eigenvalue weighted by molar-refractivity contribution is 5.81. The maximum Gasteiger partial charge on any atom is 0.158 e. The lowest BCUT2D eigenvalue weighted by molar-refractivity contribution is 0.475. The van der Waals surface area contributed by atoms with Crippen molar-refractivity contribution in [3.05, 3.63) is 67.1 Å². The van der Waals surface area contributed by atoms with Gasteiger partial charge >= 0.3 is 0 Å². The molecule has 0 saturated carbocycles. The molecular formula is C19H14N4O2. The van der Waals surface area contributed by atoms with Crippen molar-refractivity contribution in [2.75, 3.05) is 0 Å². The smallest absolute Gasteiger partial charge is 0.158 e. The Balaban J connectivity index is 1.89. The van der Waals surface area contributed by atoms with E-state index in [1.807, 2.05) is 12.1 Å². The van der Waals surface area contributed by atoms with Crippen molar-refractivity contribution in [3.8, 4) is 45.5 Å². The van der Waals surface area contributed by atoms with Crippen molar-refractivity contribution in [1.29, 1.82) is 0 Å². The van der Waals surface area contributed by atoms with Gasteiger partial charge in [-0.15, -0.1) is 0 Å². The Hall–Kier alpha value is -3.67. The number of nitrogens with one attached hydrogen (secondary N) is 1. The number of phenolic OH excluding ortho intramolecular Hbond substituents is 2. The van der Waals surface area contributed by atoms with Gasteiger partial charge in [0.15, 0.2) is 5.82 Å². The van der Waals surface area contributed by atoms with E-state index in [-0.39, 0.29) is 11.5 Å². The average molecular weight is 330 g/mol. The number of imidazole rings is 1. The lowest BCUT2D eigenvalue weighted by Gasteiger charge is -2.04. The Morgan fingerprint density at radius 2 is 1.40 bits per heavy atom. The van der Waals surface area contributed by atoms with E-state index in [9.17, 15) is 10.2 Å². The molecule has 2 heterocycles. The number of phenols is 2. The van der Waals surface area contributed by atoms with E-state index in [2.05, 4.69) is 19.9 Å². The molecule has 4 rings (SSSR count). The molecule has 0 spiro atoms. The first-order valence-corrected chi connectivity index (χ1v) is 7.66. The molecule has 25 heavy (non-hydrogen) atoms. The van der Waals surface area contributed by atoms with Gasteiger partial charge in [-0.05, 0) is 48.5 Å². The van der Waals surface area contributed by atoms with Crippen LogP contribution in [0, 0.1) is 0 Å². The van der Waals surface area contributed by atoms with Gasteiger partial charge in [0, 0.05) is 23.5 Å². The normalized spacial score (nSPS) is 10.7. The molecule has 0 amide bonds. The van der Waals surface area contributed by atoms with E-state index in [1.54, 1.807) is 55.0 Å². The minimum absolute atomic E-state index is 0.194. The van der Waals surface area contributed by atoms with Gasteiger partial charge in [-0.2, -0.15) is 0 Å². The van der Waals surface area contributed by atoms with Crippen LogP contribution in [0.25, 0.3) is 34.0 Å². The van der Waals surface area contributed by atoms with Crippen LogP contribution >= 0.6 is 0 Å². The minimum Gasteiger partial charge on any atom is -0.508 e. The zero-order valence-electron chi connectivity index (χ0n) is 13.1. The summed E-state index contributed by atoms with van der Waals surface area (Å²) < 4.78 is 0. The van der Waals surface area contributed by atoms with Crippen LogP contribution in [0.5, 0.6) is 11.5 Å². The predicted molar refractivity (Wildman–Crippen MR) is 93.8 cm³/mol. The van der Waals surface area contributed by atoms with E-state index in [0.29, 0.717) is 11.5 Å². The highest BCUT2D eigenvalue weighted by Crippen LogP contribution is 2.33. The summed E-state index contributed by atoms with van der Waals surface area (Å²) in [7, 11) is 0. The molecule has 0 bridgehead atoms. The number of aromatic hydroxyl groups is 2. The lowest BCUT2D eigenvalue weighted by atomic mass is 10.0. The molecule has 0 radical (unpaired) electrons. The standard InChI is InChI=1S/C19H14N4O2/c24-14-5-1-12(2-6-14)17-18(13-3-7-15(25)8-4-13)23-19(22-17)16-11-20-9-10-21-16/h1-11,24-25H,(H,22,23). The monoisotopic (exact) mass is 330 g/mol. The van der Waals surface area contributed by atoms with Crippen molar-refractivity contribution in [1.82, 2.24) is 19.9 Å². The summed E-state index contributed by atoms with van der Waals surface area (Å²) in [6.07, 6.45) is 4.85. The topological polar surface area (TPSA) is 94.9 Å². The number of aromatic nitrogens is 4. The number of H-pyrrole nitrogens is 1. The molecule has 0 aliphatic rings. The predicted octanol–water partition coefficient (Wildman–Crippen LogP) is 3.61. The molecule has 6 nitrogen and oxygen atoms in total. The van der Waals surface area contributed by atoms with Gasteiger partial charge < -0.3 is 15.2 Å². The third-order valence-electron chi connectivity index (χ3n) is 3.81. The molecule has 3 N–H and O–H groups in total. The Bertz CT molecular complexity index is 931. The number of rotatable bonds is 3. The molecule has 0 aliphatic carbocycles. The molecule has 2 aromatic heterocycles. The van der Waals surface area contributed by atoms with Gasteiger partial charge in [0.2, 0.25) is 0 Å². The second kappa shape index (κ2) is 6.09. The fourth-order valence-corrected chi connectivity index (χ4v) is 2.58. The van der Waals surface area contributed by atoms with Gasteiger partial charge in [0.05, 0.1) is 17.6 Å². The van der Waals surface area contributed by atoms with Crippen molar-refractivity contribution in [2.24, 2.45) is 0 Å². The van der Waals surface area contributed by atoms with E-state index < -0.39 is 0 Å². The Morgan fingerprint density at radius 3 is 2.00 bits per heavy atom. The highest BCUT2D eigenvalue weighted by Gasteiger charge is 2.16. The first-order chi connectivity index (χ1) is 12.2. The van der Waals surface area contributed by atoms with E-state index in [0.717, 1.165) is 22.5 Å². The molecule has 6 heteroatoms. The van der Waals surface area contributed by atoms with Crippen molar-refractivity contribution in [2.45, 2.75) is 0 Å². The molecular weight excluding hydrogens is 316 g/mol. The quantitative estimate of drug-likeness (QED) is 0.533. The van der Waals surface area contributed by atoms with Gasteiger partial charge in [0.1, 0.15) is 17.2 Å². The Kier molecular flexibility index (Phi) is 3.63. The molecule has 4 aromatic rings. The molecule has 0 unspecified atom stereocenters. The number of hydrogen-bond acceptors (Lipinski definition) is 5. The summed E-state index contributed by atoms with van der Waals surface area (Å²) in [5.74, 6) is 0.988. The van der Waals surface area contributed by atoms with Crippen LogP contribution in [-0.2, 0) is 0 Å². The zero-order valence-corrected chi connectivity index (χ0v) is 13.1. The van der Waals surface area contributed by atoms with Crippen LogP contribution in [-0.4, -0.2) is 30.1 Å². The second-order valence-corrected chi connectivity index (χ2v) is 5.49. The molecule has 0 aliphatic heterocycles. The zero-order chi connectivity index (χ0) is 17.2. The number of aromatic amines is 1. The van der Waals surface area contributed by atoms with E-state index >= 15 is 0 Å². The lowest BCUT2D eigenvalue weighted by Crippen LogP contribution is -1.86. The summed E-state index contributed by atoms with van der Waals surface area (Å²) in [4.78, 5) is 16.3. The summed E-state index contributed by atoms with van der Waals surface area (Å²) in [6.45, 7) is 0. The van der Waals surface area contributed by atoms with Crippen LogP contribution in [0.4, 0.5) is 0 Å². The maximum absolute atomic E-state index is 9.53. The Morgan fingerprint density at radius 1 is 0.760 bits per heavy atom. The number of nitrogens with zero attached hydrogens (tertiary/aromatic N) is 3. The van der Waals surface area contributed by atoms with Crippen molar-refractivity contribution < 1.29 is 10.2 Å². The van der Waals surface area contributed by atoms with Crippen LogP contribution < -0.4 is 0 Å². The molecule has 2 aromatic carbocycles. The average Bonchev–Trinajstić information content (AvgIpc) is 3.09. The number of hydrogen-bond donors (Lipinski definition) is 3. The second-order valence-electron chi connectivity index (χ2n) is 5.49. The first kappa shape index (κ1) is 14.9. The van der Waals surface area contributed by atoms with Crippen molar-refractivity contribution >= 4 is 0 Å². The van der Waals surface area contributed by atoms with Crippen LogP contribution in [0.15, 0.2) is 67.1 Å². The van der Waals surface area contributed by atoms with Crippen LogP contribution in [0.1, 0.15) is 0 Å². The van der Waals surface area contributed by atoms with Crippen LogP contribution in [0.3, 0.4) is 0 Å². The Labute approximate surface area is 143 Å². The fraction of sp³-hybridized carbons (Fsp3) is 0. The highest BCUT2D eigenvalue weighted by atomic mass is 16.3. The SMILES string of the molecule is Oc1ccc(-c2nc(-c3cnccn3)[nH]c2-c2ccc(O)cc2)cc1. The van der Waals surface area contributed by atoms with E-state index in [4.69, 9.17) is 0 Å². The van der Waals surface area contributed by atoms with Gasteiger partial charge in [0.25, 0.3) is 0 Å². The summed E-state index contributed by atoms with van der Waals surface area (Å²) in [6, 6.07) is 13.7. The largest absolute Gasteiger partial charge is 0.508 e. The summed E-state index contributed by atoms with van der Waals surface area (Å²) in [5.41, 5.74) is 3.89. The number of benzene rings is 2. The summed E-state index contributed by atoms with van der Waals surface area (Å²) >= 11 is 0. The molecule has 0 saturated heterocycles. The minimum atomic E-state index is 0.194. The van der Waals surface area contributed by atoms with Gasteiger partial charge in [-0.3, -0.25) is 4.98 Å². The summed E-state index contributed by atoms with van der Waals surface area (Å²) in [5, 5.41) is 19.1. The maximum atomic E-state index is 9.53. The van der Waals surface area contributed by atoms with Gasteiger partial charge in [-0.25, -0.2) is 9.97 Å². The molecule has 0 fully saturated rings. The molecule has 0 atom stereocenters. The van der Waals surface area contributed by atoms with E-state index in [1.165, 1.54) is 0 Å². The first-order valence-electron chi connectivity index (χ1n) is 7.66. The van der Waals surface area contributed by atoms with Gasteiger partial charge in [-0.1, -0.05) is 0 Å². The fourth-order valence-electron chi connectivity index (χ4n) is 2.58. The third kappa shape index (κ3) is 2.92. The van der Waals surface area contributed by atoms with Crippen molar-refractivity contribution in [3.63, 3.8) is 0 Å². The third-order valence-corrected chi connectivity index (χ3v) is 3.81. The molecule has 122 valence electrons. The van der Waals surface area contributed by atoms with Crippen LogP contribution in [0.2, 0.25) is 0 Å².